The van der Waals surface area contributed by atoms with E-state index in [0.29, 0.717) is 16.8 Å². The lowest BCUT2D eigenvalue weighted by atomic mass is 10.3. The van der Waals surface area contributed by atoms with Gasteiger partial charge in [-0.25, -0.2) is 22.1 Å². The van der Waals surface area contributed by atoms with Crippen molar-refractivity contribution < 1.29 is 22.0 Å². The minimum Gasteiger partial charge on any atom is -0.431 e. The monoisotopic (exact) mass is 423 g/mol. The fourth-order valence-corrected chi connectivity index (χ4v) is 4.00. The fourth-order valence-electron chi connectivity index (χ4n) is 2.32. The first-order chi connectivity index (χ1) is 13.2. The van der Waals surface area contributed by atoms with Crippen LogP contribution in [0.15, 0.2) is 57.0 Å². The fraction of sp³-hybridized carbons (Fsp3) is 0.222. The molecule has 0 saturated carbocycles. The number of nitrogens with one attached hydrogen (secondary N) is 1. The van der Waals surface area contributed by atoms with Gasteiger partial charge < -0.3 is 9.73 Å². The van der Waals surface area contributed by atoms with Crippen molar-refractivity contribution in [1.82, 2.24) is 9.29 Å². The number of carbonyl (C=O) groups is 1. The third-order valence-electron chi connectivity index (χ3n) is 3.86. The lowest BCUT2D eigenvalue weighted by Gasteiger charge is -2.10. The SMILES string of the molecule is CC(Sc1nc2cc(S(=O)(=O)N(C)C)ccc2o1)C(=O)Nc1cccc(F)c1. The number of aromatic nitrogens is 1. The highest BCUT2D eigenvalue weighted by molar-refractivity contribution is 8.00. The molecule has 2 aromatic carbocycles. The summed E-state index contributed by atoms with van der Waals surface area (Å²) < 4.78 is 44.4. The molecule has 0 bridgehead atoms. The Kier molecular flexibility index (Phi) is 5.73. The number of hydrogen-bond acceptors (Lipinski definition) is 6. The maximum Gasteiger partial charge on any atom is 0.257 e. The molecule has 10 heteroatoms. The number of sulfonamides is 1. The molecule has 3 rings (SSSR count). The van der Waals surface area contributed by atoms with Crippen LogP contribution in [0, 0.1) is 5.82 Å². The molecule has 0 fully saturated rings. The standard InChI is InChI=1S/C18H18FN3O4S2/c1-11(17(23)20-13-6-4-5-12(19)9-13)27-18-21-15-10-14(7-8-16(15)26-18)28(24,25)22(2)3/h4-11H,1-3H3,(H,20,23). The Morgan fingerprint density at radius 3 is 2.68 bits per heavy atom. The van der Waals surface area contributed by atoms with Gasteiger partial charge in [0, 0.05) is 19.8 Å². The van der Waals surface area contributed by atoms with Crippen LogP contribution in [-0.4, -0.2) is 43.0 Å². The van der Waals surface area contributed by atoms with Crippen LogP contribution in [0.5, 0.6) is 0 Å². The summed E-state index contributed by atoms with van der Waals surface area (Å²) in [5.74, 6) is -0.783. The summed E-state index contributed by atoms with van der Waals surface area (Å²) in [4.78, 5) is 16.7. The number of fused-ring (bicyclic) bond motifs is 1. The van der Waals surface area contributed by atoms with Gasteiger partial charge in [0.2, 0.25) is 15.9 Å². The lowest BCUT2D eigenvalue weighted by Crippen LogP contribution is -2.22. The predicted molar refractivity (Wildman–Crippen MR) is 105 cm³/mol. The highest BCUT2D eigenvalue weighted by Gasteiger charge is 2.21. The third kappa shape index (κ3) is 4.34. The average Bonchev–Trinajstić information content (AvgIpc) is 3.02. The molecule has 0 aliphatic rings. The van der Waals surface area contributed by atoms with Crippen molar-refractivity contribution >= 4 is 44.5 Å². The van der Waals surface area contributed by atoms with Gasteiger partial charge in [0.15, 0.2) is 5.58 Å². The molecular formula is C18H18FN3O4S2. The number of halogens is 1. The number of amides is 1. The van der Waals surface area contributed by atoms with Crippen LogP contribution in [0.3, 0.4) is 0 Å². The molecule has 1 aromatic heterocycles. The summed E-state index contributed by atoms with van der Waals surface area (Å²) in [6.07, 6.45) is 0. The van der Waals surface area contributed by atoms with E-state index in [1.807, 2.05) is 0 Å². The largest absolute Gasteiger partial charge is 0.431 e. The number of benzene rings is 2. The first-order valence-corrected chi connectivity index (χ1v) is 10.5. The van der Waals surface area contributed by atoms with Gasteiger partial charge in [-0.15, -0.1) is 0 Å². The van der Waals surface area contributed by atoms with E-state index >= 15 is 0 Å². The van der Waals surface area contributed by atoms with Crippen molar-refractivity contribution in [3.63, 3.8) is 0 Å². The number of oxazole rings is 1. The molecule has 3 aromatic rings. The van der Waals surface area contributed by atoms with Crippen molar-refractivity contribution in [2.24, 2.45) is 0 Å². The molecule has 148 valence electrons. The predicted octanol–water partition coefficient (Wildman–Crippen LogP) is 3.34. The summed E-state index contributed by atoms with van der Waals surface area (Å²) in [6.45, 7) is 1.66. The van der Waals surface area contributed by atoms with E-state index in [1.54, 1.807) is 13.0 Å². The second kappa shape index (κ2) is 7.90. The van der Waals surface area contributed by atoms with E-state index in [1.165, 1.54) is 50.5 Å². The highest BCUT2D eigenvalue weighted by Crippen LogP contribution is 2.29. The molecule has 0 saturated heterocycles. The Morgan fingerprint density at radius 2 is 2.00 bits per heavy atom. The summed E-state index contributed by atoms with van der Waals surface area (Å²) >= 11 is 1.08. The van der Waals surface area contributed by atoms with Gasteiger partial charge in [0.1, 0.15) is 11.3 Å². The van der Waals surface area contributed by atoms with Crippen LogP contribution in [0.1, 0.15) is 6.92 Å². The zero-order chi connectivity index (χ0) is 20.5. The van der Waals surface area contributed by atoms with Crippen LogP contribution >= 0.6 is 11.8 Å². The second-order valence-electron chi connectivity index (χ2n) is 6.16. The second-order valence-corrected chi connectivity index (χ2v) is 9.60. The normalized spacial score (nSPS) is 13.0. The van der Waals surface area contributed by atoms with Crippen LogP contribution in [0.25, 0.3) is 11.1 Å². The maximum absolute atomic E-state index is 13.2. The van der Waals surface area contributed by atoms with E-state index in [-0.39, 0.29) is 16.0 Å². The summed E-state index contributed by atoms with van der Waals surface area (Å²) in [5.41, 5.74) is 1.15. The summed E-state index contributed by atoms with van der Waals surface area (Å²) in [6, 6.07) is 10.00. The molecule has 1 amide bonds. The molecule has 28 heavy (non-hydrogen) atoms. The van der Waals surface area contributed by atoms with Crippen molar-refractivity contribution in [2.45, 2.75) is 22.3 Å². The molecule has 1 N–H and O–H groups in total. The van der Waals surface area contributed by atoms with E-state index in [0.717, 1.165) is 16.1 Å². The first kappa shape index (κ1) is 20.3. The van der Waals surface area contributed by atoms with Crippen molar-refractivity contribution in [3.8, 4) is 0 Å². The van der Waals surface area contributed by atoms with E-state index < -0.39 is 21.1 Å². The Bertz CT molecular complexity index is 1130. The molecular weight excluding hydrogens is 405 g/mol. The zero-order valence-electron chi connectivity index (χ0n) is 15.3. The van der Waals surface area contributed by atoms with Gasteiger partial charge in [-0.3, -0.25) is 4.79 Å². The van der Waals surface area contributed by atoms with Crippen molar-refractivity contribution in [1.29, 1.82) is 0 Å². The van der Waals surface area contributed by atoms with Crippen LogP contribution in [0.2, 0.25) is 0 Å². The highest BCUT2D eigenvalue weighted by atomic mass is 32.2. The van der Waals surface area contributed by atoms with Gasteiger partial charge in [0.25, 0.3) is 5.22 Å². The summed E-state index contributed by atoms with van der Waals surface area (Å²) in [7, 11) is -0.690. The molecule has 0 aliphatic carbocycles. The minimum atomic E-state index is -3.58. The maximum atomic E-state index is 13.2. The van der Waals surface area contributed by atoms with E-state index in [9.17, 15) is 17.6 Å². The quantitative estimate of drug-likeness (QED) is 0.612. The van der Waals surface area contributed by atoms with Crippen molar-refractivity contribution in [3.05, 3.63) is 48.3 Å². The molecule has 1 heterocycles. The third-order valence-corrected chi connectivity index (χ3v) is 6.61. The van der Waals surface area contributed by atoms with E-state index in [2.05, 4.69) is 10.3 Å². The van der Waals surface area contributed by atoms with E-state index in [4.69, 9.17) is 4.42 Å². The van der Waals surface area contributed by atoms with Gasteiger partial charge in [-0.05, 0) is 43.3 Å². The molecule has 1 atom stereocenters. The van der Waals surface area contributed by atoms with Gasteiger partial charge in [0.05, 0.1) is 10.1 Å². The topological polar surface area (TPSA) is 92.5 Å². The molecule has 0 aliphatic heterocycles. The number of nitrogens with zero attached hydrogens (tertiary/aromatic N) is 2. The number of hydrogen-bond donors (Lipinski definition) is 1. The molecule has 0 radical (unpaired) electrons. The number of rotatable bonds is 6. The first-order valence-electron chi connectivity index (χ1n) is 8.23. The zero-order valence-corrected chi connectivity index (χ0v) is 17.0. The Morgan fingerprint density at radius 1 is 1.25 bits per heavy atom. The van der Waals surface area contributed by atoms with Gasteiger partial charge in [-0.2, -0.15) is 0 Å². The minimum absolute atomic E-state index is 0.103. The molecule has 1 unspecified atom stereocenters. The lowest BCUT2D eigenvalue weighted by molar-refractivity contribution is -0.115. The van der Waals surface area contributed by atoms with Gasteiger partial charge >= 0.3 is 0 Å². The smallest absolute Gasteiger partial charge is 0.257 e. The molecule has 0 spiro atoms. The Hall–Kier alpha value is -2.43. The number of carbonyl (C=O) groups excluding carboxylic acids is 1. The average molecular weight is 423 g/mol. The summed E-state index contributed by atoms with van der Waals surface area (Å²) in [5, 5.41) is 2.29. The van der Waals surface area contributed by atoms with Gasteiger partial charge in [-0.1, -0.05) is 17.8 Å². The van der Waals surface area contributed by atoms with Crippen LogP contribution in [-0.2, 0) is 14.8 Å². The Labute approximate surface area is 166 Å². The van der Waals surface area contributed by atoms with Crippen LogP contribution < -0.4 is 5.32 Å². The Balaban J connectivity index is 1.76. The number of anilines is 1. The number of thioether (sulfide) groups is 1. The van der Waals surface area contributed by atoms with Crippen LogP contribution in [0.4, 0.5) is 10.1 Å². The molecule has 7 nitrogen and oxygen atoms in total. The van der Waals surface area contributed by atoms with Crippen molar-refractivity contribution in [2.75, 3.05) is 19.4 Å².